The lowest BCUT2D eigenvalue weighted by Crippen LogP contribution is -2.27. The fourth-order valence-electron chi connectivity index (χ4n) is 3.24. The van der Waals surface area contributed by atoms with Crippen molar-refractivity contribution in [1.82, 2.24) is 10.3 Å². The summed E-state index contributed by atoms with van der Waals surface area (Å²) in [5, 5.41) is 12.1. The molecule has 27 heavy (non-hydrogen) atoms. The van der Waals surface area contributed by atoms with Gasteiger partial charge in [-0.15, -0.1) is 0 Å². The second-order valence-corrected chi connectivity index (χ2v) is 6.70. The number of nitriles is 1. The zero-order valence-corrected chi connectivity index (χ0v) is 16.4. The Morgan fingerprint density at radius 3 is 2.67 bits per heavy atom. The molecule has 1 aromatic heterocycles. The molecule has 2 aromatic rings. The molecule has 0 aliphatic carbocycles. The van der Waals surface area contributed by atoms with Crippen LogP contribution in [0.2, 0.25) is 0 Å². The minimum atomic E-state index is -0.388. The van der Waals surface area contributed by atoms with Crippen LogP contribution in [-0.4, -0.2) is 18.0 Å². The summed E-state index contributed by atoms with van der Waals surface area (Å²) in [5.74, 6) is 0.633. The van der Waals surface area contributed by atoms with E-state index in [1.165, 1.54) is 0 Å². The van der Waals surface area contributed by atoms with Crippen LogP contribution >= 0.6 is 0 Å². The van der Waals surface area contributed by atoms with E-state index < -0.39 is 0 Å². The summed E-state index contributed by atoms with van der Waals surface area (Å²) in [6.45, 7) is 7.43. The van der Waals surface area contributed by atoms with Crippen LogP contribution in [0.3, 0.4) is 0 Å². The monoisotopic (exact) mass is 367 g/mol. The first-order valence-electron chi connectivity index (χ1n) is 8.84. The second-order valence-electron chi connectivity index (χ2n) is 6.70. The predicted molar refractivity (Wildman–Crippen MR) is 104 cm³/mol. The van der Waals surface area contributed by atoms with E-state index in [2.05, 4.69) is 10.3 Å². The number of rotatable bonds is 6. The maximum atomic E-state index is 12.4. The smallest absolute Gasteiger partial charge is 0.266 e. The fourth-order valence-corrected chi connectivity index (χ4v) is 3.24. The van der Waals surface area contributed by atoms with E-state index in [1.54, 1.807) is 21.0 Å². The van der Waals surface area contributed by atoms with E-state index in [0.717, 1.165) is 22.4 Å². The van der Waals surface area contributed by atoms with Crippen molar-refractivity contribution in [2.45, 2.75) is 46.6 Å². The average Bonchev–Trinajstić information content (AvgIpc) is 2.61. The van der Waals surface area contributed by atoms with Crippen LogP contribution in [0, 0.1) is 32.1 Å². The summed E-state index contributed by atoms with van der Waals surface area (Å²) < 4.78 is 5.38. The highest BCUT2D eigenvalue weighted by Gasteiger charge is 2.16. The lowest BCUT2D eigenvalue weighted by Gasteiger charge is -2.18. The van der Waals surface area contributed by atoms with Gasteiger partial charge >= 0.3 is 0 Å². The van der Waals surface area contributed by atoms with Gasteiger partial charge in [0.1, 0.15) is 17.4 Å². The van der Waals surface area contributed by atoms with Gasteiger partial charge in [0.05, 0.1) is 13.2 Å². The molecular formula is C21H25N3O3. The lowest BCUT2D eigenvalue weighted by atomic mass is 9.98. The predicted octanol–water partition coefficient (Wildman–Crippen LogP) is 2.99. The summed E-state index contributed by atoms with van der Waals surface area (Å²) in [4.78, 5) is 26.9. The number of carbonyl (C=O) groups is 1. The van der Waals surface area contributed by atoms with Gasteiger partial charge in [-0.2, -0.15) is 5.26 Å². The summed E-state index contributed by atoms with van der Waals surface area (Å²) in [6.07, 6.45) is 0.712. The van der Waals surface area contributed by atoms with Crippen molar-refractivity contribution in [3.05, 3.63) is 62.1 Å². The van der Waals surface area contributed by atoms with Crippen LogP contribution in [-0.2, 0) is 11.2 Å². The SMILES string of the molecule is COc1ccc(C)cc1C(C)NC(=O)CCc1c(C)[nH]c(=O)c(C#N)c1C. The molecule has 6 heteroatoms. The number of hydrogen-bond donors (Lipinski definition) is 2. The molecule has 0 saturated heterocycles. The molecule has 6 nitrogen and oxygen atoms in total. The van der Waals surface area contributed by atoms with Crippen molar-refractivity contribution < 1.29 is 9.53 Å². The molecule has 0 aliphatic rings. The molecule has 0 aliphatic heterocycles. The molecule has 1 atom stereocenters. The highest BCUT2D eigenvalue weighted by atomic mass is 16.5. The molecule has 0 saturated carbocycles. The van der Waals surface area contributed by atoms with Crippen LogP contribution in [0.5, 0.6) is 5.75 Å². The number of H-pyrrole nitrogens is 1. The summed E-state index contributed by atoms with van der Waals surface area (Å²) >= 11 is 0. The third-order valence-electron chi connectivity index (χ3n) is 4.75. The fraction of sp³-hybridized carbons (Fsp3) is 0.381. The average molecular weight is 367 g/mol. The Hall–Kier alpha value is -3.07. The Bertz CT molecular complexity index is 954. The van der Waals surface area contributed by atoms with Crippen molar-refractivity contribution in [3.8, 4) is 11.8 Å². The molecule has 1 amide bonds. The van der Waals surface area contributed by atoms with Gasteiger partial charge in [0, 0.05) is 17.7 Å². The van der Waals surface area contributed by atoms with E-state index in [1.807, 2.05) is 38.1 Å². The van der Waals surface area contributed by atoms with Crippen LogP contribution < -0.4 is 15.6 Å². The molecule has 0 radical (unpaired) electrons. The number of aromatic amines is 1. The molecule has 1 unspecified atom stereocenters. The van der Waals surface area contributed by atoms with Crippen LogP contribution in [0.4, 0.5) is 0 Å². The molecule has 1 aromatic carbocycles. The number of nitrogens with one attached hydrogen (secondary N) is 2. The summed E-state index contributed by atoms with van der Waals surface area (Å²) in [5.41, 5.74) is 3.90. The van der Waals surface area contributed by atoms with E-state index in [4.69, 9.17) is 10.00 Å². The molecule has 0 fully saturated rings. The van der Waals surface area contributed by atoms with Gasteiger partial charge in [-0.25, -0.2) is 0 Å². The van der Waals surface area contributed by atoms with Crippen molar-refractivity contribution in [2.75, 3.05) is 7.11 Å². The standard InChI is InChI=1S/C21H25N3O3/c1-12-6-8-19(27-5)17(10-12)15(4)23-20(25)9-7-16-13(2)18(11-22)21(26)24-14(16)3/h6,8,10,15H,7,9H2,1-5H3,(H,23,25)(H,24,26). The number of carbonyl (C=O) groups excluding carboxylic acids is 1. The number of amides is 1. The van der Waals surface area contributed by atoms with Gasteiger partial charge in [-0.1, -0.05) is 17.7 Å². The minimum Gasteiger partial charge on any atom is -0.496 e. The number of pyridine rings is 1. The van der Waals surface area contributed by atoms with Crippen molar-refractivity contribution in [2.24, 2.45) is 0 Å². The number of ether oxygens (including phenoxy) is 1. The van der Waals surface area contributed by atoms with Gasteiger partial charge in [-0.05, 0) is 51.3 Å². The Morgan fingerprint density at radius 2 is 2.04 bits per heavy atom. The summed E-state index contributed by atoms with van der Waals surface area (Å²) in [6, 6.07) is 7.59. The molecule has 0 spiro atoms. The quantitative estimate of drug-likeness (QED) is 0.820. The van der Waals surface area contributed by atoms with Gasteiger partial charge in [0.15, 0.2) is 0 Å². The van der Waals surface area contributed by atoms with Crippen molar-refractivity contribution >= 4 is 5.91 Å². The van der Waals surface area contributed by atoms with Crippen molar-refractivity contribution in [1.29, 1.82) is 5.26 Å². The van der Waals surface area contributed by atoms with E-state index >= 15 is 0 Å². The maximum absolute atomic E-state index is 12.4. The second kappa shape index (κ2) is 8.54. The minimum absolute atomic E-state index is 0.102. The Morgan fingerprint density at radius 1 is 1.33 bits per heavy atom. The highest BCUT2D eigenvalue weighted by Crippen LogP contribution is 2.26. The van der Waals surface area contributed by atoms with Crippen LogP contribution in [0.15, 0.2) is 23.0 Å². The first-order valence-corrected chi connectivity index (χ1v) is 8.84. The van der Waals surface area contributed by atoms with Gasteiger partial charge in [0.25, 0.3) is 5.56 Å². The number of hydrogen-bond acceptors (Lipinski definition) is 4. The summed E-state index contributed by atoms with van der Waals surface area (Å²) in [7, 11) is 1.61. The number of aromatic nitrogens is 1. The topological polar surface area (TPSA) is 95.0 Å². The third kappa shape index (κ3) is 4.56. The first-order chi connectivity index (χ1) is 12.8. The Labute approximate surface area is 159 Å². The molecular weight excluding hydrogens is 342 g/mol. The van der Waals surface area contributed by atoms with Gasteiger partial charge in [-0.3, -0.25) is 9.59 Å². The van der Waals surface area contributed by atoms with Gasteiger partial charge in [0.2, 0.25) is 5.91 Å². The lowest BCUT2D eigenvalue weighted by molar-refractivity contribution is -0.121. The first kappa shape index (κ1) is 20.2. The van der Waals surface area contributed by atoms with Crippen molar-refractivity contribution in [3.63, 3.8) is 0 Å². The van der Waals surface area contributed by atoms with Crippen LogP contribution in [0.25, 0.3) is 0 Å². The van der Waals surface area contributed by atoms with E-state index in [-0.39, 0.29) is 29.5 Å². The number of aryl methyl sites for hydroxylation is 2. The number of methoxy groups -OCH3 is 1. The largest absolute Gasteiger partial charge is 0.496 e. The molecule has 142 valence electrons. The van der Waals surface area contributed by atoms with Crippen LogP contribution in [0.1, 0.15) is 52.9 Å². The Balaban J connectivity index is 2.11. The molecule has 2 N–H and O–H groups in total. The molecule has 1 heterocycles. The molecule has 2 rings (SSSR count). The Kier molecular flexibility index (Phi) is 6.40. The van der Waals surface area contributed by atoms with E-state index in [0.29, 0.717) is 17.7 Å². The highest BCUT2D eigenvalue weighted by molar-refractivity contribution is 5.77. The third-order valence-corrected chi connectivity index (χ3v) is 4.75. The number of benzene rings is 1. The van der Waals surface area contributed by atoms with Gasteiger partial charge < -0.3 is 15.0 Å². The number of nitrogens with zero attached hydrogens (tertiary/aromatic N) is 1. The zero-order valence-electron chi connectivity index (χ0n) is 16.4. The normalized spacial score (nSPS) is 11.6. The zero-order chi connectivity index (χ0) is 20.1. The van der Waals surface area contributed by atoms with E-state index in [9.17, 15) is 9.59 Å². The molecule has 0 bridgehead atoms. The maximum Gasteiger partial charge on any atom is 0.266 e.